The fraction of sp³-hybridized carbons (Fsp3) is 0.818. The molecule has 0 radical (unpaired) electrons. The number of rotatable bonds is 4. The van der Waals surface area contributed by atoms with E-state index >= 15 is 0 Å². The maximum atomic E-state index is 12.2. The average molecular weight is 292 g/mol. The third kappa shape index (κ3) is 4.09. The van der Waals surface area contributed by atoms with Gasteiger partial charge in [0.05, 0.1) is 11.5 Å². The third-order valence-corrected chi connectivity index (χ3v) is 5.03. The van der Waals surface area contributed by atoms with E-state index in [9.17, 15) is 18.0 Å². The minimum absolute atomic E-state index is 0.00641. The summed E-state index contributed by atoms with van der Waals surface area (Å²) in [5.41, 5.74) is 0. The summed E-state index contributed by atoms with van der Waals surface area (Å²) >= 11 is 0. The standard InChI is InChI=1S/C11H20N2O5S/c1-8(2)12(3)11(16)13(6-10(14)15)9-4-5-19(17,18)7-9/h8-9H,4-7H2,1-3H3,(H,14,15). The van der Waals surface area contributed by atoms with Crippen LogP contribution >= 0.6 is 0 Å². The molecule has 1 fully saturated rings. The highest BCUT2D eigenvalue weighted by molar-refractivity contribution is 7.91. The Morgan fingerprint density at radius 2 is 1.95 bits per heavy atom. The smallest absolute Gasteiger partial charge is 0.323 e. The van der Waals surface area contributed by atoms with E-state index in [4.69, 9.17) is 5.11 Å². The maximum Gasteiger partial charge on any atom is 0.323 e. The highest BCUT2D eigenvalue weighted by Crippen LogP contribution is 2.19. The van der Waals surface area contributed by atoms with Gasteiger partial charge in [0.25, 0.3) is 0 Å². The van der Waals surface area contributed by atoms with Gasteiger partial charge in [0.15, 0.2) is 9.84 Å². The lowest BCUT2D eigenvalue weighted by molar-refractivity contribution is -0.138. The number of urea groups is 1. The van der Waals surface area contributed by atoms with Crippen LogP contribution in [-0.4, -0.2) is 72.5 Å². The average Bonchev–Trinajstić information content (AvgIpc) is 2.64. The second-order valence-corrected chi connectivity index (χ2v) is 7.29. The number of carboxylic acids is 1. The predicted molar refractivity (Wildman–Crippen MR) is 69.7 cm³/mol. The van der Waals surface area contributed by atoms with Crippen LogP contribution in [0.3, 0.4) is 0 Å². The van der Waals surface area contributed by atoms with Crippen LogP contribution in [0, 0.1) is 0 Å². The Morgan fingerprint density at radius 1 is 1.37 bits per heavy atom. The monoisotopic (exact) mass is 292 g/mol. The number of aliphatic carboxylic acids is 1. The van der Waals surface area contributed by atoms with Gasteiger partial charge in [0, 0.05) is 19.1 Å². The Balaban J connectivity index is 2.89. The molecule has 0 spiro atoms. The Bertz CT molecular complexity index is 460. The van der Waals surface area contributed by atoms with Gasteiger partial charge in [0.2, 0.25) is 0 Å². The molecule has 1 heterocycles. The summed E-state index contributed by atoms with van der Waals surface area (Å²) in [6.07, 6.45) is 0.299. The highest BCUT2D eigenvalue weighted by Gasteiger charge is 2.36. The molecule has 1 aliphatic heterocycles. The zero-order valence-electron chi connectivity index (χ0n) is 11.4. The second kappa shape index (κ2) is 5.77. The molecule has 0 aliphatic carbocycles. The summed E-state index contributed by atoms with van der Waals surface area (Å²) in [5.74, 6) is -1.29. The van der Waals surface area contributed by atoms with Crippen molar-refractivity contribution >= 4 is 21.8 Å². The number of nitrogens with zero attached hydrogens (tertiary/aromatic N) is 2. The summed E-state index contributed by atoms with van der Waals surface area (Å²) in [7, 11) is -1.59. The first-order valence-electron chi connectivity index (χ1n) is 6.09. The summed E-state index contributed by atoms with van der Waals surface area (Å²) in [5, 5.41) is 8.88. The Morgan fingerprint density at radius 3 is 2.32 bits per heavy atom. The largest absolute Gasteiger partial charge is 0.480 e. The van der Waals surface area contributed by atoms with Gasteiger partial charge in [-0.05, 0) is 20.3 Å². The van der Waals surface area contributed by atoms with Crippen LogP contribution in [0.2, 0.25) is 0 Å². The molecule has 7 nitrogen and oxygen atoms in total. The molecule has 110 valence electrons. The van der Waals surface area contributed by atoms with Gasteiger partial charge in [-0.25, -0.2) is 13.2 Å². The molecule has 0 aromatic heterocycles. The summed E-state index contributed by atoms with van der Waals surface area (Å²) in [6, 6.07) is -1.07. The summed E-state index contributed by atoms with van der Waals surface area (Å²) < 4.78 is 22.9. The fourth-order valence-corrected chi connectivity index (χ4v) is 3.67. The highest BCUT2D eigenvalue weighted by atomic mass is 32.2. The number of carbonyl (C=O) groups is 2. The molecule has 1 atom stereocenters. The van der Waals surface area contributed by atoms with E-state index in [0.29, 0.717) is 6.42 Å². The summed E-state index contributed by atoms with van der Waals surface area (Å²) in [6.45, 7) is 3.14. The van der Waals surface area contributed by atoms with Crippen LogP contribution in [0.1, 0.15) is 20.3 Å². The molecule has 1 saturated heterocycles. The number of hydrogen-bond donors (Lipinski definition) is 1. The molecule has 0 saturated carbocycles. The van der Waals surface area contributed by atoms with Crippen LogP contribution in [0.4, 0.5) is 4.79 Å². The molecule has 1 aliphatic rings. The van der Waals surface area contributed by atoms with Gasteiger partial charge in [-0.1, -0.05) is 0 Å². The van der Waals surface area contributed by atoms with Gasteiger partial charge in [0.1, 0.15) is 6.54 Å². The molecule has 1 unspecified atom stereocenters. The minimum atomic E-state index is -3.16. The van der Waals surface area contributed by atoms with E-state index in [2.05, 4.69) is 0 Å². The minimum Gasteiger partial charge on any atom is -0.480 e. The fourth-order valence-electron chi connectivity index (χ4n) is 1.94. The van der Waals surface area contributed by atoms with Gasteiger partial charge < -0.3 is 14.9 Å². The zero-order chi connectivity index (χ0) is 14.8. The van der Waals surface area contributed by atoms with Crippen molar-refractivity contribution in [2.24, 2.45) is 0 Å². The number of hydrogen-bond acceptors (Lipinski definition) is 4. The van der Waals surface area contributed by atoms with Gasteiger partial charge in [-0.15, -0.1) is 0 Å². The van der Waals surface area contributed by atoms with E-state index in [1.165, 1.54) is 4.90 Å². The van der Waals surface area contributed by atoms with E-state index in [1.54, 1.807) is 7.05 Å². The van der Waals surface area contributed by atoms with E-state index in [-0.39, 0.29) is 17.5 Å². The first-order chi connectivity index (χ1) is 8.64. The van der Waals surface area contributed by atoms with Gasteiger partial charge in [-0.2, -0.15) is 0 Å². The molecule has 19 heavy (non-hydrogen) atoms. The van der Waals surface area contributed by atoms with Crippen molar-refractivity contribution in [2.45, 2.75) is 32.4 Å². The first-order valence-corrected chi connectivity index (χ1v) is 7.92. The van der Waals surface area contributed by atoms with Gasteiger partial charge in [-0.3, -0.25) is 4.79 Å². The molecule has 0 aromatic rings. The van der Waals surface area contributed by atoms with Crippen molar-refractivity contribution in [1.29, 1.82) is 0 Å². The topological polar surface area (TPSA) is 95.0 Å². The third-order valence-electron chi connectivity index (χ3n) is 3.28. The zero-order valence-corrected chi connectivity index (χ0v) is 12.2. The summed E-state index contributed by atoms with van der Waals surface area (Å²) in [4.78, 5) is 25.6. The molecule has 0 aromatic carbocycles. The van der Waals surface area contributed by atoms with Crippen molar-refractivity contribution in [1.82, 2.24) is 9.80 Å². The van der Waals surface area contributed by atoms with Crippen molar-refractivity contribution < 1.29 is 23.1 Å². The Hall–Kier alpha value is -1.31. The van der Waals surface area contributed by atoms with E-state index in [0.717, 1.165) is 4.90 Å². The normalized spacial score (nSPS) is 21.4. The number of amides is 2. The van der Waals surface area contributed by atoms with E-state index in [1.807, 2.05) is 13.8 Å². The molecule has 0 bridgehead atoms. The lowest BCUT2D eigenvalue weighted by atomic mass is 10.2. The Kier molecular flexibility index (Phi) is 4.78. The van der Waals surface area contributed by atoms with Gasteiger partial charge >= 0.3 is 12.0 Å². The van der Waals surface area contributed by atoms with Crippen LogP contribution < -0.4 is 0 Å². The van der Waals surface area contributed by atoms with Crippen molar-refractivity contribution in [3.8, 4) is 0 Å². The van der Waals surface area contributed by atoms with E-state index < -0.39 is 34.4 Å². The number of sulfone groups is 1. The number of carbonyl (C=O) groups excluding carboxylic acids is 1. The molecular weight excluding hydrogens is 272 g/mol. The van der Waals surface area contributed by atoms with Crippen molar-refractivity contribution in [2.75, 3.05) is 25.1 Å². The quantitative estimate of drug-likeness (QED) is 0.788. The van der Waals surface area contributed by atoms with Crippen molar-refractivity contribution in [3.05, 3.63) is 0 Å². The number of carboxylic acid groups (broad SMARTS) is 1. The molecule has 1 rings (SSSR count). The van der Waals surface area contributed by atoms with Crippen LogP contribution in [0.25, 0.3) is 0 Å². The second-order valence-electron chi connectivity index (χ2n) is 5.07. The van der Waals surface area contributed by atoms with Crippen LogP contribution in [0.15, 0.2) is 0 Å². The maximum absolute atomic E-state index is 12.2. The first kappa shape index (κ1) is 15.7. The van der Waals surface area contributed by atoms with Crippen molar-refractivity contribution in [3.63, 3.8) is 0 Å². The predicted octanol–water partition coefficient (Wildman–Crippen LogP) is 0.0203. The van der Waals surface area contributed by atoms with Crippen LogP contribution in [-0.2, 0) is 14.6 Å². The van der Waals surface area contributed by atoms with Crippen LogP contribution in [0.5, 0.6) is 0 Å². The molecular formula is C11H20N2O5S. The lowest BCUT2D eigenvalue weighted by Gasteiger charge is -2.32. The molecule has 1 N–H and O–H groups in total. The SMILES string of the molecule is CC(C)N(C)C(=O)N(CC(=O)O)C1CCS(=O)(=O)C1. The molecule has 8 heteroatoms. The molecule has 2 amide bonds. The lowest BCUT2D eigenvalue weighted by Crippen LogP contribution is -2.51. The Labute approximate surface area is 113 Å².